The Morgan fingerprint density at radius 1 is 1.24 bits per heavy atom. The van der Waals surface area contributed by atoms with E-state index >= 15 is 0 Å². The summed E-state index contributed by atoms with van der Waals surface area (Å²) >= 11 is 5.66. The van der Waals surface area contributed by atoms with E-state index in [2.05, 4.69) is 9.71 Å². The van der Waals surface area contributed by atoms with E-state index in [1.54, 1.807) is 36.8 Å². The van der Waals surface area contributed by atoms with Crippen LogP contribution in [-0.2, 0) is 23.0 Å². The van der Waals surface area contributed by atoms with Gasteiger partial charge in [-0.1, -0.05) is 12.1 Å². The van der Waals surface area contributed by atoms with Crippen molar-refractivity contribution in [3.8, 4) is 0 Å². The van der Waals surface area contributed by atoms with E-state index in [1.165, 1.54) is 0 Å². The summed E-state index contributed by atoms with van der Waals surface area (Å²) in [5.41, 5.74) is 1.03. The smallest absolute Gasteiger partial charge is 0.240 e. The van der Waals surface area contributed by atoms with Crippen LogP contribution in [0.25, 0.3) is 0 Å². The first kappa shape index (κ1) is 16.0. The molecule has 0 aliphatic heterocycles. The maximum absolute atomic E-state index is 12.1. The molecule has 1 N–H and O–H groups in total. The third kappa shape index (κ3) is 4.84. The number of imidazole rings is 1. The van der Waals surface area contributed by atoms with E-state index in [9.17, 15) is 8.42 Å². The summed E-state index contributed by atoms with van der Waals surface area (Å²) < 4.78 is 28.7. The standard InChI is InChI=1S/C14H18ClN3O2S/c15-7-6-13-2-4-14(5-3-13)21(19,20)17-8-1-10-18-11-9-16-12-18/h2-5,9,11-12,17H,1,6-8,10H2. The van der Waals surface area contributed by atoms with Crippen LogP contribution in [0.5, 0.6) is 0 Å². The zero-order valence-electron chi connectivity index (χ0n) is 11.6. The number of aryl methyl sites for hydroxylation is 2. The van der Waals surface area contributed by atoms with Gasteiger partial charge in [-0.25, -0.2) is 18.1 Å². The first-order valence-corrected chi connectivity index (χ1v) is 8.74. The van der Waals surface area contributed by atoms with Crippen molar-refractivity contribution in [2.45, 2.75) is 24.3 Å². The fraction of sp³-hybridized carbons (Fsp3) is 0.357. The van der Waals surface area contributed by atoms with Gasteiger partial charge in [-0.05, 0) is 30.5 Å². The highest BCUT2D eigenvalue weighted by atomic mass is 35.5. The number of halogens is 1. The number of sulfonamides is 1. The highest BCUT2D eigenvalue weighted by molar-refractivity contribution is 7.89. The Morgan fingerprint density at radius 2 is 2.00 bits per heavy atom. The molecular weight excluding hydrogens is 310 g/mol. The topological polar surface area (TPSA) is 64.0 Å². The first-order valence-electron chi connectivity index (χ1n) is 6.72. The van der Waals surface area contributed by atoms with Crippen LogP contribution < -0.4 is 4.72 Å². The molecule has 0 unspecified atom stereocenters. The third-order valence-corrected chi connectivity index (χ3v) is 4.73. The van der Waals surface area contributed by atoms with Crippen LogP contribution in [0.15, 0.2) is 47.9 Å². The van der Waals surface area contributed by atoms with E-state index in [-0.39, 0.29) is 4.90 Å². The van der Waals surface area contributed by atoms with Crippen LogP contribution in [0.1, 0.15) is 12.0 Å². The predicted molar refractivity (Wildman–Crippen MR) is 82.9 cm³/mol. The molecule has 2 rings (SSSR count). The molecule has 114 valence electrons. The van der Waals surface area contributed by atoms with Crippen molar-refractivity contribution in [3.05, 3.63) is 48.5 Å². The minimum absolute atomic E-state index is 0.281. The summed E-state index contributed by atoms with van der Waals surface area (Å²) in [6.45, 7) is 1.13. The summed E-state index contributed by atoms with van der Waals surface area (Å²) in [4.78, 5) is 4.22. The molecule has 0 aliphatic rings. The average Bonchev–Trinajstić information content (AvgIpc) is 2.98. The molecule has 1 aromatic heterocycles. The molecule has 0 aliphatic carbocycles. The summed E-state index contributed by atoms with van der Waals surface area (Å²) in [6, 6.07) is 6.81. The molecule has 5 nitrogen and oxygen atoms in total. The average molecular weight is 328 g/mol. The van der Waals surface area contributed by atoms with Gasteiger partial charge in [0, 0.05) is 31.4 Å². The molecule has 0 atom stereocenters. The second kappa shape index (κ2) is 7.59. The number of rotatable bonds is 8. The lowest BCUT2D eigenvalue weighted by Crippen LogP contribution is -2.25. The Kier molecular flexibility index (Phi) is 5.78. The second-order valence-electron chi connectivity index (χ2n) is 4.63. The zero-order chi connectivity index (χ0) is 15.1. The van der Waals surface area contributed by atoms with Crippen molar-refractivity contribution in [3.63, 3.8) is 0 Å². The summed E-state index contributed by atoms with van der Waals surface area (Å²) in [5.74, 6) is 0.526. The van der Waals surface area contributed by atoms with Gasteiger partial charge in [0.05, 0.1) is 11.2 Å². The van der Waals surface area contributed by atoms with E-state index in [0.29, 0.717) is 18.8 Å². The molecule has 0 bridgehead atoms. The molecule has 0 radical (unpaired) electrons. The lowest BCUT2D eigenvalue weighted by molar-refractivity contribution is 0.570. The Bertz CT molecular complexity index is 639. The van der Waals surface area contributed by atoms with Crippen LogP contribution in [0, 0.1) is 0 Å². The van der Waals surface area contributed by atoms with Gasteiger partial charge in [0.15, 0.2) is 0 Å². The van der Waals surface area contributed by atoms with Gasteiger partial charge in [-0.3, -0.25) is 0 Å². The van der Waals surface area contributed by atoms with Crippen LogP contribution in [0.4, 0.5) is 0 Å². The first-order chi connectivity index (χ1) is 10.1. The van der Waals surface area contributed by atoms with E-state index in [4.69, 9.17) is 11.6 Å². The van der Waals surface area contributed by atoms with Crippen LogP contribution in [0.3, 0.4) is 0 Å². The van der Waals surface area contributed by atoms with Crippen LogP contribution in [-0.4, -0.2) is 30.4 Å². The molecule has 0 saturated carbocycles. The molecule has 7 heteroatoms. The van der Waals surface area contributed by atoms with Crippen molar-refractivity contribution in [1.29, 1.82) is 0 Å². The highest BCUT2D eigenvalue weighted by Crippen LogP contribution is 2.11. The minimum atomic E-state index is -3.44. The highest BCUT2D eigenvalue weighted by Gasteiger charge is 2.12. The third-order valence-electron chi connectivity index (χ3n) is 3.06. The van der Waals surface area contributed by atoms with Crippen molar-refractivity contribution in [1.82, 2.24) is 14.3 Å². The Labute approximate surface area is 130 Å². The van der Waals surface area contributed by atoms with Gasteiger partial charge < -0.3 is 4.57 Å². The number of alkyl halides is 1. The monoisotopic (exact) mass is 327 g/mol. The fourth-order valence-corrected chi connectivity index (χ4v) is 3.21. The number of aromatic nitrogens is 2. The van der Waals surface area contributed by atoms with E-state index in [0.717, 1.165) is 18.5 Å². The van der Waals surface area contributed by atoms with Crippen LogP contribution in [0.2, 0.25) is 0 Å². The van der Waals surface area contributed by atoms with Gasteiger partial charge in [-0.2, -0.15) is 0 Å². The predicted octanol–water partition coefficient (Wildman–Crippen LogP) is 2.03. The lowest BCUT2D eigenvalue weighted by Gasteiger charge is -2.08. The van der Waals surface area contributed by atoms with Gasteiger partial charge in [0.1, 0.15) is 0 Å². The maximum atomic E-state index is 12.1. The van der Waals surface area contributed by atoms with E-state index < -0.39 is 10.0 Å². The molecule has 2 aromatic rings. The Hall–Kier alpha value is -1.37. The lowest BCUT2D eigenvalue weighted by atomic mass is 10.2. The SMILES string of the molecule is O=S(=O)(NCCCn1ccnc1)c1ccc(CCCl)cc1. The largest absolute Gasteiger partial charge is 0.337 e. The number of hydrogen-bond donors (Lipinski definition) is 1. The van der Waals surface area contributed by atoms with Crippen molar-refractivity contribution < 1.29 is 8.42 Å². The Morgan fingerprint density at radius 3 is 2.62 bits per heavy atom. The molecule has 1 heterocycles. The van der Waals surface area contributed by atoms with Crippen LogP contribution >= 0.6 is 11.6 Å². The second-order valence-corrected chi connectivity index (χ2v) is 6.78. The number of nitrogens with one attached hydrogen (secondary N) is 1. The molecule has 0 fully saturated rings. The number of hydrogen-bond acceptors (Lipinski definition) is 3. The molecular formula is C14H18ClN3O2S. The van der Waals surface area contributed by atoms with Gasteiger partial charge >= 0.3 is 0 Å². The quantitative estimate of drug-likeness (QED) is 0.596. The molecule has 1 aromatic carbocycles. The number of benzene rings is 1. The number of nitrogens with zero attached hydrogens (tertiary/aromatic N) is 2. The molecule has 0 spiro atoms. The zero-order valence-corrected chi connectivity index (χ0v) is 13.1. The van der Waals surface area contributed by atoms with Crippen molar-refractivity contribution in [2.75, 3.05) is 12.4 Å². The summed E-state index contributed by atoms with van der Waals surface area (Å²) in [5, 5.41) is 0. The van der Waals surface area contributed by atoms with Gasteiger partial charge in [0.2, 0.25) is 10.0 Å². The minimum Gasteiger partial charge on any atom is -0.337 e. The summed E-state index contributed by atoms with van der Waals surface area (Å²) in [6.07, 6.45) is 6.71. The summed E-state index contributed by atoms with van der Waals surface area (Å²) in [7, 11) is -3.44. The van der Waals surface area contributed by atoms with Crippen molar-refractivity contribution >= 4 is 21.6 Å². The molecule has 0 saturated heterocycles. The van der Waals surface area contributed by atoms with E-state index in [1.807, 2.05) is 10.8 Å². The van der Waals surface area contributed by atoms with Gasteiger partial charge in [-0.15, -0.1) is 11.6 Å². The Balaban J connectivity index is 1.85. The normalized spacial score (nSPS) is 11.7. The fourth-order valence-electron chi connectivity index (χ4n) is 1.91. The maximum Gasteiger partial charge on any atom is 0.240 e. The van der Waals surface area contributed by atoms with Crippen molar-refractivity contribution in [2.24, 2.45) is 0 Å². The molecule has 21 heavy (non-hydrogen) atoms. The molecule has 0 amide bonds. The van der Waals surface area contributed by atoms with Gasteiger partial charge in [0.25, 0.3) is 0 Å².